The van der Waals surface area contributed by atoms with Crippen LogP contribution in [0, 0.1) is 0 Å². The van der Waals surface area contributed by atoms with E-state index in [2.05, 4.69) is 33.2 Å². The summed E-state index contributed by atoms with van der Waals surface area (Å²) in [6.45, 7) is 2.06. The average molecular weight is 305 g/mol. The normalized spacial score (nSPS) is 10.1. The molecule has 0 aliphatic heterocycles. The maximum Gasteiger partial charge on any atom is 0.257 e. The topological polar surface area (TPSA) is 42.0 Å². The largest absolute Gasteiger partial charge is 0.322 e. The monoisotopic (exact) mass is 304 g/mol. The van der Waals surface area contributed by atoms with Crippen molar-refractivity contribution in [3.8, 4) is 0 Å². The lowest BCUT2D eigenvalue weighted by Crippen LogP contribution is -2.13. The van der Waals surface area contributed by atoms with Gasteiger partial charge in [-0.25, -0.2) is 0 Å². The van der Waals surface area contributed by atoms with E-state index in [-0.39, 0.29) is 5.91 Å². The van der Waals surface area contributed by atoms with E-state index in [0.717, 1.165) is 22.1 Å². The first-order valence-corrected chi connectivity index (χ1v) is 6.50. The van der Waals surface area contributed by atoms with Crippen molar-refractivity contribution in [1.29, 1.82) is 0 Å². The van der Waals surface area contributed by atoms with Gasteiger partial charge in [0.1, 0.15) is 0 Å². The lowest BCUT2D eigenvalue weighted by Gasteiger charge is -2.09. The third-order valence-corrected chi connectivity index (χ3v) is 3.05. The lowest BCUT2D eigenvalue weighted by atomic mass is 10.1. The van der Waals surface area contributed by atoms with Crippen LogP contribution in [0.25, 0.3) is 0 Å². The molecule has 92 valence electrons. The molecule has 0 saturated carbocycles. The number of nitrogens with zero attached hydrogens (tertiary/aromatic N) is 1. The maximum atomic E-state index is 12.1. The molecule has 3 nitrogen and oxygen atoms in total. The number of carbonyl (C=O) groups is 1. The second-order valence-corrected chi connectivity index (χ2v) is 4.77. The van der Waals surface area contributed by atoms with Gasteiger partial charge in [-0.3, -0.25) is 9.78 Å². The van der Waals surface area contributed by atoms with Crippen molar-refractivity contribution in [3.63, 3.8) is 0 Å². The van der Waals surface area contributed by atoms with Gasteiger partial charge in [-0.1, -0.05) is 25.1 Å². The molecule has 0 aliphatic rings. The van der Waals surface area contributed by atoms with Gasteiger partial charge < -0.3 is 5.32 Å². The van der Waals surface area contributed by atoms with E-state index in [0.29, 0.717) is 5.56 Å². The molecular formula is C14H13BrN2O. The molecule has 1 N–H and O–H groups in total. The van der Waals surface area contributed by atoms with Crippen LogP contribution >= 0.6 is 15.9 Å². The van der Waals surface area contributed by atoms with E-state index in [1.807, 2.05) is 24.3 Å². The first-order chi connectivity index (χ1) is 8.70. The smallest absolute Gasteiger partial charge is 0.257 e. The van der Waals surface area contributed by atoms with Gasteiger partial charge in [0.2, 0.25) is 0 Å². The number of carbonyl (C=O) groups excluding carboxylic acids is 1. The van der Waals surface area contributed by atoms with Gasteiger partial charge in [0, 0.05) is 22.6 Å². The first kappa shape index (κ1) is 12.8. The second-order valence-electron chi connectivity index (χ2n) is 3.86. The minimum atomic E-state index is -0.148. The Kier molecular flexibility index (Phi) is 4.10. The number of halogens is 1. The number of hydrogen-bond donors (Lipinski definition) is 1. The van der Waals surface area contributed by atoms with Gasteiger partial charge in [0.25, 0.3) is 5.91 Å². The van der Waals surface area contributed by atoms with E-state index in [9.17, 15) is 4.79 Å². The molecule has 0 saturated heterocycles. The molecule has 1 aromatic carbocycles. The number of para-hydroxylation sites is 1. The van der Waals surface area contributed by atoms with Gasteiger partial charge in [-0.15, -0.1) is 0 Å². The number of nitrogens with one attached hydrogen (secondary N) is 1. The van der Waals surface area contributed by atoms with Gasteiger partial charge in [0.05, 0.1) is 5.56 Å². The molecule has 0 unspecified atom stereocenters. The number of pyridine rings is 1. The summed E-state index contributed by atoms with van der Waals surface area (Å²) in [5.41, 5.74) is 2.51. The fourth-order valence-electron chi connectivity index (χ4n) is 1.68. The number of anilines is 1. The molecule has 0 bridgehead atoms. The summed E-state index contributed by atoms with van der Waals surface area (Å²) in [6, 6.07) is 9.54. The van der Waals surface area contributed by atoms with Crippen LogP contribution in [0.5, 0.6) is 0 Å². The maximum absolute atomic E-state index is 12.1. The van der Waals surface area contributed by atoms with E-state index >= 15 is 0 Å². The van der Waals surface area contributed by atoms with Crippen LogP contribution in [-0.4, -0.2) is 10.9 Å². The molecule has 0 aliphatic carbocycles. The van der Waals surface area contributed by atoms with Crippen molar-refractivity contribution >= 4 is 27.5 Å². The van der Waals surface area contributed by atoms with Gasteiger partial charge in [-0.05, 0) is 40.0 Å². The van der Waals surface area contributed by atoms with Crippen molar-refractivity contribution in [2.75, 3.05) is 5.32 Å². The molecule has 4 heteroatoms. The summed E-state index contributed by atoms with van der Waals surface area (Å²) in [4.78, 5) is 16.0. The Morgan fingerprint density at radius 1 is 1.33 bits per heavy atom. The molecule has 1 heterocycles. The highest BCUT2D eigenvalue weighted by molar-refractivity contribution is 9.10. The highest BCUT2D eigenvalue weighted by atomic mass is 79.9. The molecular weight excluding hydrogens is 292 g/mol. The van der Waals surface area contributed by atoms with E-state index < -0.39 is 0 Å². The molecule has 2 aromatic rings. The Hall–Kier alpha value is -1.68. The SMILES string of the molecule is CCc1ccccc1NC(=O)c1cncc(Br)c1. The summed E-state index contributed by atoms with van der Waals surface area (Å²) in [5.74, 6) is -0.148. The number of rotatable bonds is 3. The van der Waals surface area contributed by atoms with Crippen molar-refractivity contribution in [2.45, 2.75) is 13.3 Å². The van der Waals surface area contributed by atoms with Gasteiger partial charge >= 0.3 is 0 Å². The van der Waals surface area contributed by atoms with Crippen molar-refractivity contribution in [1.82, 2.24) is 4.98 Å². The summed E-state index contributed by atoms with van der Waals surface area (Å²) in [7, 11) is 0. The van der Waals surface area contributed by atoms with Crippen molar-refractivity contribution in [3.05, 3.63) is 58.3 Å². The summed E-state index contributed by atoms with van der Waals surface area (Å²) in [6.07, 6.45) is 4.08. The van der Waals surface area contributed by atoms with E-state index in [1.165, 1.54) is 0 Å². The van der Waals surface area contributed by atoms with Gasteiger partial charge in [-0.2, -0.15) is 0 Å². The number of hydrogen-bond acceptors (Lipinski definition) is 2. The van der Waals surface area contributed by atoms with Crippen molar-refractivity contribution < 1.29 is 4.79 Å². The fraction of sp³-hybridized carbons (Fsp3) is 0.143. The van der Waals surface area contributed by atoms with E-state index in [4.69, 9.17) is 0 Å². The molecule has 0 atom stereocenters. The minimum Gasteiger partial charge on any atom is -0.322 e. The quantitative estimate of drug-likeness (QED) is 0.940. The summed E-state index contributed by atoms with van der Waals surface area (Å²) >= 11 is 3.30. The Balaban J connectivity index is 2.21. The highest BCUT2D eigenvalue weighted by Gasteiger charge is 2.08. The highest BCUT2D eigenvalue weighted by Crippen LogP contribution is 2.17. The average Bonchev–Trinajstić information content (AvgIpc) is 2.39. The Morgan fingerprint density at radius 3 is 2.83 bits per heavy atom. The second kappa shape index (κ2) is 5.78. The zero-order valence-electron chi connectivity index (χ0n) is 9.98. The summed E-state index contributed by atoms with van der Waals surface area (Å²) < 4.78 is 0.791. The van der Waals surface area contributed by atoms with Gasteiger partial charge in [0.15, 0.2) is 0 Å². The lowest BCUT2D eigenvalue weighted by molar-refractivity contribution is 0.102. The molecule has 2 rings (SSSR count). The summed E-state index contributed by atoms with van der Waals surface area (Å²) in [5, 5.41) is 2.91. The van der Waals surface area contributed by atoms with Crippen LogP contribution in [0.1, 0.15) is 22.8 Å². The third-order valence-electron chi connectivity index (χ3n) is 2.61. The Labute approximate surface area is 114 Å². The van der Waals surface area contributed by atoms with Crippen LogP contribution in [0.15, 0.2) is 47.2 Å². The standard InChI is InChI=1S/C14H13BrN2O/c1-2-10-5-3-4-6-13(10)17-14(18)11-7-12(15)9-16-8-11/h3-9H,2H2,1H3,(H,17,18). The molecule has 0 fully saturated rings. The Morgan fingerprint density at radius 2 is 2.11 bits per heavy atom. The zero-order chi connectivity index (χ0) is 13.0. The number of aromatic nitrogens is 1. The third kappa shape index (κ3) is 2.96. The fourth-order valence-corrected chi connectivity index (χ4v) is 2.05. The number of benzene rings is 1. The predicted octanol–water partition coefficient (Wildman–Crippen LogP) is 3.66. The number of amides is 1. The predicted molar refractivity (Wildman–Crippen MR) is 75.7 cm³/mol. The number of aryl methyl sites for hydroxylation is 1. The van der Waals surface area contributed by atoms with Crippen LogP contribution < -0.4 is 5.32 Å². The van der Waals surface area contributed by atoms with Crippen LogP contribution in [0.2, 0.25) is 0 Å². The molecule has 1 aromatic heterocycles. The molecule has 1 amide bonds. The van der Waals surface area contributed by atoms with Crippen LogP contribution in [-0.2, 0) is 6.42 Å². The van der Waals surface area contributed by atoms with Crippen molar-refractivity contribution in [2.24, 2.45) is 0 Å². The minimum absolute atomic E-state index is 0.148. The molecule has 0 radical (unpaired) electrons. The Bertz CT molecular complexity index is 569. The zero-order valence-corrected chi connectivity index (χ0v) is 11.6. The van der Waals surface area contributed by atoms with Crippen LogP contribution in [0.3, 0.4) is 0 Å². The molecule has 0 spiro atoms. The molecule has 18 heavy (non-hydrogen) atoms. The first-order valence-electron chi connectivity index (χ1n) is 5.70. The van der Waals surface area contributed by atoms with Crippen LogP contribution in [0.4, 0.5) is 5.69 Å². The van der Waals surface area contributed by atoms with E-state index in [1.54, 1.807) is 18.5 Å².